The highest BCUT2D eigenvalue weighted by Gasteiger charge is 2.31. The first kappa shape index (κ1) is 15.9. The molecule has 9 heteroatoms. The first-order chi connectivity index (χ1) is 9.84. The second-order valence-corrected chi connectivity index (χ2v) is 6.93. The van der Waals surface area contributed by atoms with E-state index in [0.29, 0.717) is 31.0 Å². The van der Waals surface area contributed by atoms with Crippen LogP contribution in [0.5, 0.6) is 0 Å². The van der Waals surface area contributed by atoms with E-state index in [9.17, 15) is 13.2 Å². The van der Waals surface area contributed by atoms with E-state index in [1.165, 1.54) is 8.99 Å². The molecular weight excluding hydrogens is 296 g/mol. The van der Waals surface area contributed by atoms with E-state index in [1.54, 1.807) is 13.8 Å². The van der Waals surface area contributed by atoms with Gasteiger partial charge < -0.3 is 10.4 Å². The van der Waals surface area contributed by atoms with Crippen molar-refractivity contribution in [2.45, 2.75) is 31.7 Å². The van der Waals surface area contributed by atoms with Gasteiger partial charge in [0.05, 0.1) is 11.4 Å². The Labute approximate surface area is 123 Å². The van der Waals surface area contributed by atoms with Gasteiger partial charge in [0.25, 0.3) is 0 Å². The molecule has 8 nitrogen and oxygen atoms in total. The summed E-state index contributed by atoms with van der Waals surface area (Å²) >= 11 is 0. The third-order valence-corrected chi connectivity index (χ3v) is 5.65. The van der Waals surface area contributed by atoms with Crippen LogP contribution >= 0.6 is 0 Å². The van der Waals surface area contributed by atoms with Crippen molar-refractivity contribution < 1.29 is 18.3 Å². The van der Waals surface area contributed by atoms with Crippen molar-refractivity contribution in [1.29, 1.82) is 0 Å². The number of carboxylic acids is 1. The molecule has 0 atom stereocenters. The summed E-state index contributed by atoms with van der Waals surface area (Å²) in [5, 5.41) is 16.1. The maximum absolute atomic E-state index is 12.8. The molecule has 2 N–H and O–H groups in total. The summed E-state index contributed by atoms with van der Waals surface area (Å²) in [6.07, 6.45) is 0.751. The number of aromatic nitrogens is 2. The normalized spacial score (nSPS) is 17.6. The monoisotopic (exact) mass is 316 g/mol. The topological polar surface area (TPSA) is 105 Å². The number of carboxylic acid groups (broad SMARTS) is 1. The lowest BCUT2D eigenvalue weighted by atomic mass is 10.4. The Morgan fingerprint density at radius 2 is 2.05 bits per heavy atom. The lowest BCUT2D eigenvalue weighted by Crippen LogP contribution is -2.34. The summed E-state index contributed by atoms with van der Waals surface area (Å²) in [4.78, 5) is 10.9. The zero-order valence-electron chi connectivity index (χ0n) is 12.2. The van der Waals surface area contributed by atoms with Gasteiger partial charge in [-0.2, -0.15) is 9.40 Å². The molecule has 1 aliphatic heterocycles. The molecule has 0 aromatic carbocycles. The lowest BCUT2D eigenvalue weighted by molar-refractivity contribution is -0.137. The second kappa shape index (κ2) is 6.12. The zero-order chi connectivity index (χ0) is 15.6. The van der Waals surface area contributed by atoms with Crippen molar-refractivity contribution in [3.05, 3.63) is 11.4 Å². The fraction of sp³-hybridized carbons (Fsp3) is 0.667. The van der Waals surface area contributed by atoms with Crippen molar-refractivity contribution in [2.75, 3.05) is 26.2 Å². The second-order valence-electron chi connectivity index (χ2n) is 5.06. The minimum Gasteiger partial charge on any atom is -0.480 e. The van der Waals surface area contributed by atoms with Crippen LogP contribution in [0.2, 0.25) is 0 Å². The summed E-state index contributed by atoms with van der Waals surface area (Å²) in [6.45, 7) is 5.11. The number of hydrogen-bond acceptors (Lipinski definition) is 5. The number of aliphatic carboxylic acids is 1. The van der Waals surface area contributed by atoms with Crippen molar-refractivity contribution >= 4 is 16.0 Å². The Balaban J connectivity index is 2.39. The Morgan fingerprint density at radius 1 is 1.33 bits per heavy atom. The maximum Gasteiger partial charge on any atom is 0.325 e. The van der Waals surface area contributed by atoms with E-state index in [-0.39, 0.29) is 11.4 Å². The quantitative estimate of drug-likeness (QED) is 0.781. The maximum atomic E-state index is 12.8. The van der Waals surface area contributed by atoms with Gasteiger partial charge in [-0.1, -0.05) is 0 Å². The largest absolute Gasteiger partial charge is 0.480 e. The minimum atomic E-state index is -3.64. The average Bonchev–Trinajstić information content (AvgIpc) is 2.60. The SMILES string of the molecule is Cc1nn(CC(=O)O)c(C)c1S(=O)(=O)N1CCCNCC1. The zero-order valence-corrected chi connectivity index (χ0v) is 13.0. The van der Waals surface area contributed by atoms with E-state index >= 15 is 0 Å². The van der Waals surface area contributed by atoms with Crippen LogP contribution in [-0.2, 0) is 21.4 Å². The molecular formula is C12H20N4O4S. The number of nitrogens with zero attached hydrogens (tertiary/aromatic N) is 3. The Bertz CT molecular complexity index is 630. The molecule has 118 valence electrons. The van der Waals surface area contributed by atoms with Crippen molar-refractivity contribution in [3.63, 3.8) is 0 Å². The van der Waals surface area contributed by atoms with Crippen molar-refractivity contribution in [3.8, 4) is 0 Å². The number of hydrogen-bond donors (Lipinski definition) is 2. The molecule has 21 heavy (non-hydrogen) atoms. The van der Waals surface area contributed by atoms with E-state index < -0.39 is 16.0 Å². The Morgan fingerprint density at radius 3 is 2.71 bits per heavy atom. The molecule has 0 aliphatic carbocycles. The Hall–Kier alpha value is -1.45. The third-order valence-electron chi connectivity index (χ3n) is 3.50. The van der Waals surface area contributed by atoms with Gasteiger partial charge in [0.2, 0.25) is 10.0 Å². The van der Waals surface area contributed by atoms with Gasteiger partial charge in [-0.05, 0) is 26.8 Å². The van der Waals surface area contributed by atoms with Gasteiger partial charge in [-0.3, -0.25) is 9.48 Å². The third kappa shape index (κ3) is 3.25. The standard InChI is InChI=1S/C12H20N4O4S/c1-9-12(10(2)16(14-9)8-11(17)18)21(19,20)15-6-3-4-13-5-7-15/h13H,3-8H2,1-2H3,(H,17,18). The fourth-order valence-corrected chi connectivity index (χ4v) is 4.38. The van der Waals surface area contributed by atoms with Crippen molar-refractivity contribution in [2.24, 2.45) is 0 Å². The molecule has 1 aliphatic rings. The van der Waals surface area contributed by atoms with E-state index in [1.807, 2.05) is 0 Å². The van der Waals surface area contributed by atoms with Gasteiger partial charge >= 0.3 is 5.97 Å². The molecule has 1 aromatic heterocycles. The summed E-state index contributed by atoms with van der Waals surface area (Å²) in [6, 6.07) is 0. The smallest absolute Gasteiger partial charge is 0.325 e. The Kier molecular flexibility index (Phi) is 4.64. The molecule has 2 heterocycles. The van der Waals surface area contributed by atoms with Crippen LogP contribution in [0.1, 0.15) is 17.8 Å². The van der Waals surface area contributed by atoms with Gasteiger partial charge in [0, 0.05) is 19.6 Å². The number of carbonyl (C=O) groups is 1. The van der Waals surface area contributed by atoms with E-state index in [4.69, 9.17) is 5.11 Å². The molecule has 0 spiro atoms. The predicted molar refractivity (Wildman–Crippen MR) is 75.6 cm³/mol. The molecule has 1 aromatic rings. The first-order valence-electron chi connectivity index (χ1n) is 6.80. The molecule has 0 radical (unpaired) electrons. The average molecular weight is 316 g/mol. The summed E-state index contributed by atoms with van der Waals surface area (Å²) in [7, 11) is -3.64. The lowest BCUT2D eigenvalue weighted by Gasteiger charge is -2.19. The highest BCUT2D eigenvalue weighted by molar-refractivity contribution is 7.89. The van der Waals surface area contributed by atoms with Crippen LogP contribution in [-0.4, -0.2) is 59.8 Å². The molecule has 0 unspecified atom stereocenters. The first-order valence-corrected chi connectivity index (χ1v) is 8.24. The number of rotatable bonds is 4. The number of aryl methyl sites for hydroxylation is 1. The summed E-state index contributed by atoms with van der Waals surface area (Å²) < 4.78 is 28.2. The highest BCUT2D eigenvalue weighted by Crippen LogP contribution is 2.24. The van der Waals surface area contributed by atoms with Crippen LogP contribution in [0.15, 0.2) is 4.90 Å². The van der Waals surface area contributed by atoms with E-state index in [0.717, 1.165) is 13.0 Å². The van der Waals surface area contributed by atoms with Gasteiger partial charge in [0.15, 0.2) is 0 Å². The van der Waals surface area contributed by atoms with Crippen LogP contribution < -0.4 is 5.32 Å². The van der Waals surface area contributed by atoms with Gasteiger partial charge in [-0.15, -0.1) is 0 Å². The summed E-state index contributed by atoms with van der Waals surface area (Å²) in [5.41, 5.74) is 0.707. The van der Waals surface area contributed by atoms with E-state index in [2.05, 4.69) is 10.4 Å². The van der Waals surface area contributed by atoms with Crippen LogP contribution in [0.25, 0.3) is 0 Å². The highest BCUT2D eigenvalue weighted by atomic mass is 32.2. The number of sulfonamides is 1. The minimum absolute atomic E-state index is 0.130. The van der Waals surface area contributed by atoms with Gasteiger partial charge in [-0.25, -0.2) is 8.42 Å². The van der Waals surface area contributed by atoms with Gasteiger partial charge in [0.1, 0.15) is 11.4 Å². The molecule has 2 rings (SSSR count). The molecule has 0 bridgehead atoms. The van der Waals surface area contributed by atoms with Crippen LogP contribution in [0.3, 0.4) is 0 Å². The predicted octanol–water partition coefficient (Wildman–Crippen LogP) is -0.431. The van der Waals surface area contributed by atoms with Crippen LogP contribution in [0, 0.1) is 13.8 Å². The molecule has 1 saturated heterocycles. The summed E-state index contributed by atoms with van der Waals surface area (Å²) in [5.74, 6) is -1.05. The fourth-order valence-electron chi connectivity index (χ4n) is 2.53. The molecule has 1 fully saturated rings. The van der Waals surface area contributed by atoms with Crippen molar-refractivity contribution in [1.82, 2.24) is 19.4 Å². The van der Waals surface area contributed by atoms with Crippen LogP contribution in [0.4, 0.5) is 0 Å². The number of nitrogens with one attached hydrogen (secondary N) is 1. The molecule has 0 amide bonds. The molecule has 0 saturated carbocycles.